The highest BCUT2D eigenvalue weighted by Crippen LogP contribution is 2.29. The first-order valence-corrected chi connectivity index (χ1v) is 17.5. The number of carbonyl (C=O) groups is 6. The van der Waals surface area contributed by atoms with E-state index in [9.17, 15) is 54.1 Å². The number of carbonyl (C=O) groups excluding carboxylic acids is 3. The van der Waals surface area contributed by atoms with Gasteiger partial charge in [-0.05, 0) is 51.4 Å². The Morgan fingerprint density at radius 3 is 1.52 bits per heavy atom. The molecule has 2 atom stereocenters. The Kier molecular flexibility index (Phi) is 16.8. The van der Waals surface area contributed by atoms with E-state index in [0.717, 1.165) is 0 Å². The summed E-state index contributed by atoms with van der Waals surface area (Å²) in [7, 11) is -1.62. The molecule has 0 bridgehead atoms. The molecule has 0 radical (unpaired) electrons. The molecule has 7 N–H and O–H groups in total. The molecule has 2 heterocycles. The average molecular weight is 712 g/mol. The summed E-state index contributed by atoms with van der Waals surface area (Å²) in [5.74, 6) is -4.62. The van der Waals surface area contributed by atoms with Gasteiger partial charge in [-0.1, -0.05) is 0 Å². The minimum Gasteiger partial charge on any atom is -0.480 e. The lowest BCUT2D eigenvalue weighted by Crippen LogP contribution is -2.53. The van der Waals surface area contributed by atoms with Crippen LogP contribution in [0.15, 0.2) is 0 Å². The number of carboxylic acids is 3. The number of hydrogen-bond donors (Lipinski definition) is 7. The highest BCUT2D eigenvalue weighted by Gasteiger charge is 2.39. The third kappa shape index (κ3) is 14.1. The molecule has 3 amide bonds. The smallest absolute Gasteiger partial charge is 0.475 e. The molecule has 3 rings (SSSR count). The minimum atomic E-state index is -1.62. The van der Waals surface area contributed by atoms with Gasteiger partial charge in [0.15, 0.2) is 0 Å². The number of carboxylic acid groups (broad SMARTS) is 3. The van der Waals surface area contributed by atoms with E-state index in [1.807, 2.05) is 4.90 Å². The van der Waals surface area contributed by atoms with Gasteiger partial charge in [0.2, 0.25) is 17.7 Å². The lowest BCUT2D eigenvalue weighted by Gasteiger charge is -2.33. The molecule has 0 aromatic carbocycles. The summed E-state index contributed by atoms with van der Waals surface area (Å²) in [6, 6.07) is -0.788. The van der Waals surface area contributed by atoms with Crippen LogP contribution >= 0.6 is 0 Å². The summed E-state index contributed by atoms with van der Waals surface area (Å²) in [5.41, 5.74) is 0. The van der Waals surface area contributed by atoms with E-state index >= 15 is 0 Å². The first kappa shape index (κ1) is 41.1. The van der Waals surface area contributed by atoms with Gasteiger partial charge in [0.25, 0.3) is 0 Å². The van der Waals surface area contributed by atoms with Crippen molar-refractivity contribution in [1.29, 1.82) is 0 Å². The van der Waals surface area contributed by atoms with Crippen LogP contribution in [0.3, 0.4) is 0 Å². The molecule has 282 valence electrons. The molecule has 2 aliphatic heterocycles. The normalized spacial score (nSPS) is 24.4. The van der Waals surface area contributed by atoms with Crippen molar-refractivity contribution in [2.45, 2.75) is 57.4 Å². The van der Waals surface area contributed by atoms with Crippen LogP contribution in [0, 0.1) is 11.8 Å². The predicted molar refractivity (Wildman–Crippen MR) is 180 cm³/mol. The Labute approximate surface area is 292 Å². The largest absolute Gasteiger partial charge is 0.480 e. The molecule has 1 aliphatic carbocycles. The topological polar surface area (TPSA) is 244 Å². The highest BCUT2D eigenvalue weighted by molar-refractivity contribution is 6.43. The first-order chi connectivity index (χ1) is 23.7. The van der Waals surface area contributed by atoms with E-state index in [4.69, 9.17) is 0 Å². The third-order valence-corrected chi connectivity index (χ3v) is 9.83. The van der Waals surface area contributed by atoms with Gasteiger partial charge in [0, 0.05) is 71.4 Å². The van der Waals surface area contributed by atoms with Crippen LogP contribution in [0.4, 0.5) is 0 Å². The number of nitrogens with one attached hydrogen (secondary N) is 2. The fourth-order valence-electron chi connectivity index (χ4n) is 6.95. The second-order valence-corrected chi connectivity index (χ2v) is 13.7. The van der Waals surface area contributed by atoms with E-state index in [2.05, 4.69) is 10.6 Å². The highest BCUT2D eigenvalue weighted by atomic mass is 16.4. The van der Waals surface area contributed by atoms with Gasteiger partial charge >= 0.3 is 25.0 Å². The van der Waals surface area contributed by atoms with E-state index in [0.29, 0.717) is 90.9 Å². The molecular weight excluding hydrogens is 657 g/mol. The molecular formula is C31H54BN7O11. The third-order valence-electron chi connectivity index (χ3n) is 9.83. The first-order valence-electron chi connectivity index (χ1n) is 17.5. The van der Waals surface area contributed by atoms with Crippen molar-refractivity contribution in [3.8, 4) is 0 Å². The van der Waals surface area contributed by atoms with Crippen LogP contribution in [0.1, 0.15) is 45.4 Å². The SMILES string of the molecule is C[C@@H](NC(=O)C1CCC(CNC(=O)CN2CCN(CC(=O)O)CCN(CC(=O)O)CCN(CC(=O)O)CC2)CC1)C(=O)N1CCC[C@H]1B(O)O. The van der Waals surface area contributed by atoms with Crippen molar-refractivity contribution in [2.24, 2.45) is 11.8 Å². The zero-order chi connectivity index (χ0) is 36.8. The molecule has 0 aromatic rings. The monoisotopic (exact) mass is 711 g/mol. The summed E-state index contributed by atoms with van der Waals surface area (Å²) < 4.78 is 0. The van der Waals surface area contributed by atoms with Gasteiger partial charge in [0.05, 0.1) is 32.1 Å². The molecule has 18 nitrogen and oxygen atoms in total. The number of rotatable bonds is 14. The number of hydrogen-bond acceptors (Lipinski definition) is 12. The van der Waals surface area contributed by atoms with Gasteiger partial charge in [-0.2, -0.15) is 0 Å². The van der Waals surface area contributed by atoms with Crippen LogP contribution in [0.25, 0.3) is 0 Å². The number of nitrogens with zero attached hydrogens (tertiary/aromatic N) is 5. The lowest BCUT2D eigenvalue weighted by molar-refractivity contribution is -0.140. The van der Waals surface area contributed by atoms with Gasteiger partial charge in [-0.3, -0.25) is 48.4 Å². The van der Waals surface area contributed by atoms with Crippen molar-refractivity contribution < 1.29 is 54.1 Å². The number of amides is 3. The zero-order valence-corrected chi connectivity index (χ0v) is 29.0. The molecule has 50 heavy (non-hydrogen) atoms. The molecule has 1 saturated carbocycles. The second kappa shape index (κ2) is 20.5. The van der Waals surface area contributed by atoms with Gasteiger partial charge in [-0.15, -0.1) is 0 Å². The predicted octanol–water partition coefficient (Wildman–Crippen LogP) is -3.11. The van der Waals surface area contributed by atoms with E-state index in [1.165, 1.54) is 4.90 Å². The maximum Gasteiger partial charge on any atom is 0.475 e. The summed E-state index contributed by atoms with van der Waals surface area (Å²) >= 11 is 0. The van der Waals surface area contributed by atoms with E-state index in [-0.39, 0.29) is 68.8 Å². The van der Waals surface area contributed by atoms with E-state index in [1.54, 1.807) is 21.6 Å². The Hall–Kier alpha value is -3.36. The minimum absolute atomic E-state index is 0.0296. The molecule has 0 spiro atoms. The molecule has 2 saturated heterocycles. The van der Waals surface area contributed by atoms with Crippen LogP contribution in [-0.4, -0.2) is 196 Å². The van der Waals surface area contributed by atoms with Crippen LogP contribution in [0.5, 0.6) is 0 Å². The summed E-state index contributed by atoms with van der Waals surface area (Å²) in [4.78, 5) is 81.6. The molecule has 19 heteroatoms. The lowest BCUT2D eigenvalue weighted by atomic mass is 9.77. The molecule has 0 unspecified atom stereocenters. The standard InChI is InChI=1S/C31H54BN7O11/c1-22(31(48)39-8-2-3-25(39)32(49)50)34-30(47)24-6-4-23(5-7-24)17-33-26(40)18-35-9-11-36(19-27(41)42)13-15-38(21-29(45)46)16-14-37(12-10-35)20-28(43)44/h22-25,49-50H,2-21H2,1H3,(H,33,40)(H,34,47)(H,41,42)(H,43,44)(H,45,46)/t22-,23?,24?,25+/m1/s1. The van der Waals surface area contributed by atoms with Crippen LogP contribution < -0.4 is 10.6 Å². The fourth-order valence-corrected chi connectivity index (χ4v) is 6.95. The van der Waals surface area contributed by atoms with Crippen molar-refractivity contribution in [3.05, 3.63) is 0 Å². The fraction of sp³-hybridized carbons (Fsp3) is 0.806. The Morgan fingerprint density at radius 2 is 1.10 bits per heavy atom. The number of aliphatic carboxylic acids is 3. The Balaban J connectivity index is 1.48. The maximum absolute atomic E-state index is 13.1. The Bertz CT molecular complexity index is 1140. The van der Waals surface area contributed by atoms with Crippen LogP contribution in [0.2, 0.25) is 0 Å². The van der Waals surface area contributed by atoms with Gasteiger partial charge in [0.1, 0.15) is 6.04 Å². The maximum atomic E-state index is 13.1. The van der Waals surface area contributed by atoms with Gasteiger partial charge < -0.3 is 40.9 Å². The van der Waals surface area contributed by atoms with Crippen molar-refractivity contribution >= 4 is 42.7 Å². The van der Waals surface area contributed by atoms with Crippen molar-refractivity contribution in [2.75, 3.05) is 91.6 Å². The van der Waals surface area contributed by atoms with Crippen molar-refractivity contribution in [3.63, 3.8) is 0 Å². The molecule has 0 aromatic heterocycles. The summed E-state index contributed by atoms with van der Waals surface area (Å²) in [6.07, 6.45) is 3.79. The van der Waals surface area contributed by atoms with E-state index < -0.39 is 37.0 Å². The Morgan fingerprint density at radius 1 is 0.660 bits per heavy atom. The van der Waals surface area contributed by atoms with Crippen LogP contribution in [-0.2, 0) is 28.8 Å². The number of likely N-dealkylation sites (tertiary alicyclic amines) is 1. The van der Waals surface area contributed by atoms with Gasteiger partial charge in [-0.25, -0.2) is 0 Å². The quantitative estimate of drug-likeness (QED) is 0.0883. The zero-order valence-electron chi connectivity index (χ0n) is 29.0. The summed E-state index contributed by atoms with van der Waals surface area (Å²) in [6.45, 7) is 4.23. The molecule has 3 aliphatic rings. The average Bonchev–Trinajstić information content (AvgIpc) is 3.55. The molecule has 3 fully saturated rings. The van der Waals surface area contributed by atoms with Crippen molar-refractivity contribution in [1.82, 2.24) is 35.1 Å². The summed E-state index contributed by atoms with van der Waals surface area (Å²) in [5, 5.41) is 53.1. The second-order valence-electron chi connectivity index (χ2n) is 13.7.